The number of aromatic nitrogens is 3. The lowest BCUT2D eigenvalue weighted by Gasteiger charge is -2.31. The van der Waals surface area contributed by atoms with Crippen molar-refractivity contribution in [3.8, 4) is 0 Å². The molecule has 1 atom stereocenters. The number of anilines is 1. The summed E-state index contributed by atoms with van der Waals surface area (Å²) in [7, 11) is 0. The maximum Gasteiger partial charge on any atom is 0.248 e. The molecule has 0 bridgehead atoms. The van der Waals surface area contributed by atoms with Crippen molar-refractivity contribution < 1.29 is 14.3 Å². The Kier molecular flexibility index (Phi) is 4.89. The van der Waals surface area contributed by atoms with E-state index in [1.165, 1.54) is 0 Å². The van der Waals surface area contributed by atoms with E-state index >= 15 is 0 Å². The molecule has 22 heavy (non-hydrogen) atoms. The largest absolute Gasteiger partial charge is 0.376 e. The molecule has 1 aromatic rings. The van der Waals surface area contributed by atoms with Crippen LogP contribution in [-0.4, -0.2) is 65.0 Å². The first-order valence-corrected chi connectivity index (χ1v) is 7.87. The molecular formula is C14H23N5O3. The van der Waals surface area contributed by atoms with Gasteiger partial charge in [0.2, 0.25) is 11.9 Å². The van der Waals surface area contributed by atoms with Crippen LogP contribution in [0.15, 0.2) is 0 Å². The van der Waals surface area contributed by atoms with E-state index in [2.05, 4.69) is 15.2 Å². The average Bonchev–Trinajstić information content (AvgIpc) is 3.19. The van der Waals surface area contributed by atoms with Crippen LogP contribution in [0.2, 0.25) is 0 Å². The van der Waals surface area contributed by atoms with Crippen LogP contribution in [0.4, 0.5) is 5.95 Å². The van der Waals surface area contributed by atoms with Crippen molar-refractivity contribution in [3.05, 3.63) is 5.82 Å². The molecule has 2 saturated heterocycles. The van der Waals surface area contributed by atoms with Crippen LogP contribution in [-0.2, 0) is 14.3 Å². The number of nitrogen functional groups attached to an aromatic ring is 1. The Bertz CT molecular complexity index is 492. The highest BCUT2D eigenvalue weighted by Crippen LogP contribution is 2.25. The quantitative estimate of drug-likeness (QED) is 0.809. The first-order valence-electron chi connectivity index (χ1n) is 7.87. The molecule has 3 heterocycles. The summed E-state index contributed by atoms with van der Waals surface area (Å²) in [6, 6.07) is 0. The van der Waals surface area contributed by atoms with Crippen molar-refractivity contribution >= 4 is 11.9 Å². The summed E-state index contributed by atoms with van der Waals surface area (Å²) in [5.41, 5.74) is 5.52. The Hall–Kier alpha value is -1.67. The first kappa shape index (κ1) is 15.2. The molecule has 8 heteroatoms. The summed E-state index contributed by atoms with van der Waals surface area (Å²) in [6.07, 6.45) is 4.01. The second kappa shape index (κ2) is 7.06. The molecule has 8 nitrogen and oxygen atoms in total. The smallest absolute Gasteiger partial charge is 0.248 e. The van der Waals surface area contributed by atoms with Crippen molar-refractivity contribution in [2.24, 2.45) is 0 Å². The number of H-pyrrole nitrogens is 1. The predicted molar refractivity (Wildman–Crippen MR) is 79.1 cm³/mol. The Morgan fingerprint density at radius 1 is 1.41 bits per heavy atom. The summed E-state index contributed by atoms with van der Waals surface area (Å²) in [4.78, 5) is 18.1. The number of amides is 1. The van der Waals surface area contributed by atoms with Crippen LogP contribution in [0.5, 0.6) is 0 Å². The van der Waals surface area contributed by atoms with Crippen LogP contribution in [0.25, 0.3) is 0 Å². The third kappa shape index (κ3) is 3.75. The standard InChI is InChI=1S/C14H23N5O3/c15-14-16-13(17-18-14)10-3-5-19(6-4-10)12(20)9-21-8-11-2-1-7-22-11/h10-11H,1-9H2,(H3,15,16,17,18). The van der Waals surface area contributed by atoms with Crippen molar-refractivity contribution in [2.45, 2.75) is 37.7 Å². The second-order valence-corrected chi connectivity index (χ2v) is 5.88. The van der Waals surface area contributed by atoms with E-state index in [0.29, 0.717) is 25.6 Å². The molecule has 2 fully saturated rings. The number of nitrogens with two attached hydrogens (primary N) is 1. The van der Waals surface area contributed by atoms with Gasteiger partial charge in [-0.1, -0.05) is 0 Å². The number of carbonyl (C=O) groups is 1. The molecule has 0 spiro atoms. The van der Waals surface area contributed by atoms with Gasteiger partial charge in [-0.25, -0.2) is 0 Å². The van der Waals surface area contributed by atoms with Crippen LogP contribution in [0.3, 0.4) is 0 Å². The fraction of sp³-hybridized carbons (Fsp3) is 0.786. The summed E-state index contributed by atoms with van der Waals surface area (Å²) in [5, 5.41) is 6.71. The van der Waals surface area contributed by atoms with Crippen LogP contribution >= 0.6 is 0 Å². The number of aromatic amines is 1. The molecule has 0 aromatic carbocycles. The lowest BCUT2D eigenvalue weighted by Crippen LogP contribution is -2.40. The number of nitrogens with zero attached hydrogens (tertiary/aromatic N) is 3. The number of carbonyl (C=O) groups excluding carboxylic acids is 1. The molecule has 3 rings (SSSR count). The van der Waals surface area contributed by atoms with Gasteiger partial charge in [0.1, 0.15) is 12.4 Å². The van der Waals surface area contributed by atoms with E-state index in [1.54, 1.807) is 0 Å². The first-order chi connectivity index (χ1) is 10.7. The van der Waals surface area contributed by atoms with E-state index < -0.39 is 0 Å². The highest BCUT2D eigenvalue weighted by molar-refractivity contribution is 5.77. The molecule has 3 N–H and O–H groups in total. The van der Waals surface area contributed by atoms with Gasteiger partial charge in [-0.05, 0) is 25.7 Å². The minimum absolute atomic E-state index is 0.0496. The number of nitrogens with one attached hydrogen (secondary N) is 1. The second-order valence-electron chi connectivity index (χ2n) is 5.88. The maximum absolute atomic E-state index is 12.1. The normalized spacial score (nSPS) is 23.1. The van der Waals surface area contributed by atoms with Gasteiger partial charge < -0.3 is 20.1 Å². The number of ether oxygens (including phenoxy) is 2. The molecule has 0 aliphatic carbocycles. The van der Waals surface area contributed by atoms with E-state index in [9.17, 15) is 4.79 Å². The molecule has 122 valence electrons. The zero-order valence-electron chi connectivity index (χ0n) is 12.7. The van der Waals surface area contributed by atoms with Crippen molar-refractivity contribution in [1.82, 2.24) is 20.1 Å². The van der Waals surface area contributed by atoms with Crippen LogP contribution in [0, 0.1) is 0 Å². The van der Waals surface area contributed by atoms with E-state index in [0.717, 1.165) is 38.1 Å². The van der Waals surface area contributed by atoms with Gasteiger partial charge in [0.15, 0.2) is 0 Å². The summed E-state index contributed by atoms with van der Waals surface area (Å²) in [5.74, 6) is 1.44. The number of likely N-dealkylation sites (tertiary alicyclic amines) is 1. The number of piperidine rings is 1. The number of hydrogen-bond acceptors (Lipinski definition) is 6. The molecular weight excluding hydrogens is 286 g/mol. The monoisotopic (exact) mass is 309 g/mol. The molecule has 0 saturated carbocycles. The third-order valence-corrected chi connectivity index (χ3v) is 4.31. The summed E-state index contributed by atoms with van der Waals surface area (Å²) < 4.78 is 11.0. The van der Waals surface area contributed by atoms with Crippen molar-refractivity contribution in [2.75, 3.05) is 38.6 Å². The Morgan fingerprint density at radius 3 is 2.86 bits per heavy atom. The fourth-order valence-corrected chi connectivity index (χ4v) is 3.02. The van der Waals surface area contributed by atoms with Gasteiger partial charge in [-0.2, -0.15) is 4.98 Å². The average molecular weight is 309 g/mol. The SMILES string of the molecule is Nc1n[nH]c(C2CCN(C(=O)COCC3CCCO3)CC2)n1. The fourth-order valence-electron chi connectivity index (χ4n) is 3.02. The van der Waals surface area contributed by atoms with E-state index in [1.807, 2.05) is 4.90 Å². The lowest BCUT2D eigenvalue weighted by molar-refractivity contribution is -0.138. The minimum atomic E-state index is 0.0496. The van der Waals surface area contributed by atoms with Crippen LogP contribution in [0.1, 0.15) is 37.4 Å². The number of rotatable bonds is 5. The molecule has 2 aliphatic heterocycles. The predicted octanol–water partition coefficient (Wildman–Crippen LogP) is 0.288. The zero-order valence-corrected chi connectivity index (χ0v) is 12.7. The van der Waals surface area contributed by atoms with Gasteiger partial charge >= 0.3 is 0 Å². The highest BCUT2D eigenvalue weighted by Gasteiger charge is 2.26. The van der Waals surface area contributed by atoms with Gasteiger partial charge in [0, 0.05) is 25.6 Å². The molecule has 1 unspecified atom stereocenters. The summed E-state index contributed by atoms with van der Waals surface area (Å²) >= 11 is 0. The van der Waals surface area contributed by atoms with E-state index in [-0.39, 0.29) is 24.6 Å². The van der Waals surface area contributed by atoms with Crippen molar-refractivity contribution in [3.63, 3.8) is 0 Å². The zero-order chi connectivity index (χ0) is 15.4. The Morgan fingerprint density at radius 2 is 2.23 bits per heavy atom. The highest BCUT2D eigenvalue weighted by atomic mass is 16.5. The minimum Gasteiger partial charge on any atom is -0.376 e. The summed E-state index contributed by atoms with van der Waals surface area (Å²) in [6.45, 7) is 2.89. The molecule has 1 amide bonds. The third-order valence-electron chi connectivity index (χ3n) is 4.31. The van der Waals surface area contributed by atoms with Gasteiger partial charge in [0.05, 0.1) is 12.7 Å². The Balaban J connectivity index is 1.38. The van der Waals surface area contributed by atoms with Gasteiger partial charge in [0.25, 0.3) is 0 Å². The van der Waals surface area contributed by atoms with Crippen molar-refractivity contribution in [1.29, 1.82) is 0 Å². The molecule has 0 radical (unpaired) electrons. The molecule has 2 aliphatic rings. The maximum atomic E-state index is 12.1. The van der Waals surface area contributed by atoms with Gasteiger partial charge in [-0.3, -0.25) is 9.89 Å². The number of hydrogen-bond donors (Lipinski definition) is 2. The molecule has 1 aromatic heterocycles. The van der Waals surface area contributed by atoms with Crippen LogP contribution < -0.4 is 5.73 Å². The van der Waals surface area contributed by atoms with E-state index in [4.69, 9.17) is 15.2 Å². The lowest BCUT2D eigenvalue weighted by atomic mass is 9.96. The van der Waals surface area contributed by atoms with Gasteiger partial charge in [-0.15, -0.1) is 5.10 Å². The Labute approximate surface area is 129 Å². The topological polar surface area (TPSA) is 106 Å².